The van der Waals surface area contributed by atoms with Gasteiger partial charge in [0, 0.05) is 18.5 Å². The zero-order valence-electron chi connectivity index (χ0n) is 19.5. The lowest BCUT2D eigenvalue weighted by atomic mass is 9.86. The number of ether oxygens (including phenoxy) is 2. The molecule has 0 saturated heterocycles. The maximum atomic E-state index is 13.8. The maximum Gasteiger partial charge on any atom is 0.243 e. The number of hydrogen-bond donors (Lipinski definition) is 1. The molecule has 0 heterocycles. The Labute approximate surface area is 196 Å². The first-order valence-electron chi connectivity index (χ1n) is 10.7. The topological polar surface area (TPSA) is 76.1 Å². The molecule has 176 valence electrons. The molecule has 0 saturated carbocycles. The van der Waals surface area contributed by atoms with Crippen molar-refractivity contribution in [3.63, 3.8) is 0 Å². The lowest BCUT2D eigenvalue weighted by Crippen LogP contribution is -2.31. The van der Waals surface area contributed by atoms with E-state index >= 15 is 0 Å². The number of aliphatic hydroxyl groups excluding tert-OH is 1. The van der Waals surface area contributed by atoms with Crippen LogP contribution in [0, 0.1) is 0 Å². The van der Waals surface area contributed by atoms with Crippen LogP contribution in [0.1, 0.15) is 30.5 Å². The Balaban J connectivity index is 1.99. The second kappa shape index (κ2) is 10.4. The summed E-state index contributed by atoms with van der Waals surface area (Å²) in [5.41, 5.74) is 1.90. The molecule has 33 heavy (non-hydrogen) atoms. The van der Waals surface area contributed by atoms with Crippen molar-refractivity contribution in [1.82, 2.24) is 4.31 Å². The zero-order chi connectivity index (χ0) is 24.1. The van der Waals surface area contributed by atoms with Crippen molar-refractivity contribution in [1.29, 1.82) is 0 Å². The first-order valence-corrected chi connectivity index (χ1v) is 12.1. The van der Waals surface area contributed by atoms with Gasteiger partial charge in [-0.25, -0.2) is 8.42 Å². The fourth-order valence-electron chi connectivity index (χ4n) is 3.41. The van der Waals surface area contributed by atoms with Gasteiger partial charge in [-0.3, -0.25) is 0 Å². The van der Waals surface area contributed by atoms with Crippen molar-refractivity contribution >= 4 is 10.0 Å². The summed E-state index contributed by atoms with van der Waals surface area (Å²) in [6.45, 7) is 4.08. The Morgan fingerprint density at radius 3 is 1.73 bits per heavy atom. The molecule has 0 aromatic heterocycles. The summed E-state index contributed by atoms with van der Waals surface area (Å²) in [4.78, 5) is 0.198. The van der Waals surface area contributed by atoms with E-state index in [1.165, 1.54) is 4.31 Å². The summed E-state index contributed by atoms with van der Waals surface area (Å²) in [7, 11) is -0.644. The fraction of sp³-hybridized carbons (Fsp3) is 0.308. The van der Waals surface area contributed by atoms with Gasteiger partial charge in [-0.15, -0.1) is 0 Å². The van der Waals surface area contributed by atoms with Crippen LogP contribution < -0.4 is 9.47 Å². The highest BCUT2D eigenvalue weighted by Crippen LogP contribution is 2.28. The smallest absolute Gasteiger partial charge is 0.243 e. The summed E-state index contributed by atoms with van der Waals surface area (Å²) >= 11 is 0. The summed E-state index contributed by atoms with van der Waals surface area (Å²) in [6, 6.07) is 21.5. The van der Waals surface area contributed by atoms with E-state index in [2.05, 4.69) is 0 Å². The van der Waals surface area contributed by atoms with Crippen LogP contribution in [0.5, 0.6) is 11.5 Å². The van der Waals surface area contributed by atoms with Crippen molar-refractivity contribution in [2.24, 2.45) is 0 Å². The molecule has 1 N–H and O–H groups in total. The first-order chi connectivity index (χ1) is 15.7. The van der Waals surface area contributed by atoms with E-state index in [1.54, 1.807) is 32.4 Å². The van der Waals surface area contributed by atoms with Gasteiger partial charge in [0.15, 0.2) is 0 Å². The van der Waals surface area contributed by atoms with Gasteiger partial charge < -0.3 is 14.6 Å². The molecular formula is C26H31NO5S. The summed E-state index contributed by atoms with van der Waals surface area (Å²) < 4.78 is 39.4. The molecule has 3 rings (SSSR count). The predicted molar refractivity (Wildman–Crippen MR) is 129 cm³/mol. The highest BCUT2D eigenvalue weighted by molar-refractivity contribution is 7.89. The van der Waals surface area contributed by atoms with Crippen LogP contribution in [0.4, 0.5) is 0 Å². The van der Waals surface area contributed by atoms with E-state index in [4.69, 9.17) is 9.47 Å². The molecule has 0 amide bonds. The molecular weight excluding hydrogens is 438 g/mol. The predicted octanol–water partition coefficient (Wildman–Crippen LogP) is 4.36. The van der Waals surface area contributed by atoms with Crippen LogP contribution in [0.15, 0.2) is 77.7 Å². The highest BCUT2D eigenvalue weighted by Gasteiger charge is 2.27. The standard InChI is InChI=1S/C26H31NO5S/c1-26(2,19-28)22-6-5-7-25(16-22)33(29,30)27(17-20-8-12-23(31-3)13-9-20)18-21-10-14-24(32-4)15-11-21/h5-16,28H,17-19H2,1-4H3. The van der Waals surface area contributed by atoms with Crippen molar-refractivity contribution in [2.75, 3.05) is 20.8 Å². The minimum absolute atomic E-state index is 0.0854. The summed E-state index contributed by atoms with van der Waals surface area (Å²) in [5.74, 6) is 1.42. The van der Waals surface area contributed by atoms with Gasteiger partial charge in [-0.1, -0.05) is 50.2 Å². The minimum atomic E-state index is -3.83. The number of sulfonamides is 1. The first kappa shape index (κ1) is 24.8. The van der Waals surface area contributed by atoms with Crippen molar-refractivity contribution in [2.45, 2.75) is 37.2 Å². The normalized spacial score (nSPS) is 12.1. The molecule has 7 heteroatoms. The maximum absolute atomic E-state index is 13.8. The van der Waals surface area contributed by atoms with Crippen LogP contribution in [0.3, 0.4) is 0 Å². The molecule has 0 fully saturated rings. The average molecular weight is 470 g/mol. The molecule has 0 radical (unpaired) electrons. The van der Waals surface area contributed by atoms with E-state index in [9.17, 15) is 13.5 Å². The van der Waals surface area contributed by atoms with Crippen LogP contribution in [0.2, 0.25) is 0 Å². The Hall–Kier alpha value is -2.87. The summed E-state index contributed by atoms with van der Waals surface area (Å²) in [5, 5.41) is 9.75. The molecule has 0 aliphatic carbocycles. The molecule has 0 aliphatic rings. The van der Waals surface area contributed by atoms with E-state index in [1.807, 2.05) is 68.4 Å². The SMILES string of the molecule is COc1ccc(CN(Cc2ccc(OC)cc2)S(=O)(=O)c2cccc(C(C)(C)CO)c2)cc1. The molecule has 0 atom stereocenters. The largest absolute Gasteiger partial charge is 0.497 e. The van der Waals surface area contributed by atoms with Gasteiger partial charge in [0.2, 0.25) is 10.0 Å². The molecule has 6 nitrogen and oxygen atoms in total. The molecule has 3 aromatic carbocycles. The van der Waals surface area contributed by atoms with E-state index in [-0.39, 0.29) is 24.6 Å². The number of methoxy groups -OCH3 is 2. The number of nitrogens with zero attached hydrogens (tertiary/aromatic N) is 1. The number of rotatable bonds is 10. The van der Waals surface area contributed by atoms with Gasteiger partial charge in [0.25, 0.3) is 0 Å². The fourth-order valence-corrected chi connectivity index (χ4v) is 4.88. The average Bonchev–Trinajstić information content (AvgIpc) is 2.84. The van der Waals surface area contributed by atoms with Gasteiger partial charge >= 0.3 is 0 Å². The Bertz CT molecular complexity index is 1110. The number of hydrogen-bond acceptors (Lipinski definition) is 5. The third-order valence-corrected chi connectivity index (χ3v) is 7.47. The van der Waals surface area contributed by atoms with Crippen LogP contribution in [-0.4, -0.2) is 38.7 Å². The van der Waals surface area contributed by atoms with E-state index < -0.39 is 15.4 Å². The Morgan fingerprint density at radius 2 is 1.30 bits per heavy atom. The highest BCUT2D eigenvalue weighted by atomic mass is 32.2. The van der Waals surface area contributed by atoms with Crippen LogP contribution in [-0.2, 0) is 28.5 Å². The van der Waals surface area contributed by atoms with Gasteiger partial charge in [-0.2, -0.15) is 4.31 Å². The molecule has 0 aliphatic heterocycles. The lowest BCUT2D eigenvalue weighted by Gasteiger charge is -2.25. The molecule has 3 aromatic rings. The van der Waals surface area contributed by atoms with Gasteiger partial charge in [0.05, 0.1) is 25.7 Å². The lowest BCUT2D eigenvalue weighted by molar-refractivity contribution is 0.218. The van der Waals surface area contributed by atoms with Gasteiger partial charge in [-0.05, 0) is 53.1 Å². The summed E-state index contributed by atoms with van der Waals surface area (Å²) in [6.07, 6.45) is 0. The Kier molecular flexibility index (Phi) is 7.79. The van der Waals surface area contributed by atoms with Crippen LogP contribution >= 0.6 is 0 Å². The van der Waals surface area contributed by atoms with Crippen LogP contribution in [0.25, 0.3) is 0 Å². The zero-order valence-corrected chi connectivity index (χ0v) is 20.3. The molecule has 0 bridgehead atoms. The number of aliphatic hydroxyl groups is 1. The van der Waals surface area contributed by atoms with E-state index in [0.717, 1.165) is 16.7 Å². The monoisotopic (exact) mass is 469 g/mol. The van der Waals surface area contributed by atoms with Gasteiger partial charge in [0.1, 0.15) is 11.5 Å². The van der Waals surface area contributed by atoms with Crippen molar-refractivity contribution in [3.05, 3.63) is 89.5 Å². The number of benzene rings is 3. The van der Waals surface area contributed by atoms with Crippen molar-refractivity contribution < 1.29 is 23.0 Å². The third kappa shape index (κ3) is 5.93. The minimum Gasteiger partial charge on any atom is -0.497 e. The van der Waals surface area contributed by atoms with Crippen molar-refractivity contribution in [3.8, 4) is 11.5 Å². The molecule has 0 unspecified atom stereocenters. The third-order valence-electron chi connectivity index (χ3n) is 5.68. The Morgan fingerprint density at radius 1 is 0.818 bits per heavy atom. The molecule has 0 spiro atoms. The second-order valence-electron chi connectivity index (χ2n) is 8.54. The van der Waals surface area contributed by atoms with E-state index in [0.29, 0.717) is 11.5 Å². The second-order valence-corrected chi connectivity index (χ2v) is 10.5. The quantitative estimate of drug-likeness (QED) is 0.477.